The van der Waals surface area contributed by atoms with Crippen LogP contribution < -0.4 is 5.32 Å². The van der Waals surface area contributed by atoms with E-state index in [0.717, 1.165) is 6.07 Å². The van der Waals surface area contributed by atoms with Crippen LogP contribution in [0.1, 0.15) is 18.4 Å². The van der Waals surface area contributed by atoms with E-state index in [9.17, 15) is 17.6 Å². The summed E-state index contributed by atoms with van der Waals surface area (Å²) < 4.78 is 41.5. The van der Waals surface area contributed by atoms with Gasteiger partial charge in [0.05, 0.1) is 10.7 Å². The number of carbonyl (C=O) groups is 1. The van der Waals surface area contributed by atoms with Crippen molar-refractivity contribution in [1.29, 1.82) is 0 Å². The summed E-state index contributed by atoms with van der Waals surface area (Å²) in [5, 5.41) is 2.88. The molecule has 0 saturated carbocycles. The molecule has 146 valence electrons. The van der Waals surface area contributed by atoms with Crippen LogP contribution in [0, 0.1) is 11.7 Å². The quantitative estimate of drug-likeness (QED) is 0.807. The van der Waals surface area contributed by atoms with Gasteiger partial charge in [-0.1, -0.05) is 23.7 Å². The van der Waals surface area contributed by atoms with E-state index < -0.39 is 15.8 Å². The van der Waals surface area contributed by atoms with Crippen molar-refractivity contribution in [2.45, 2.75) is 17.7 Å². The molecule has 2 aromatic rings. The summed E-state index contributed by atoms with van der Waals surface area (Å²) in [4.78, 5) is 14.6. The fourth-order valence-electron chi connectivity index (χ4n) is 3.50. The van der Waals surface area contributed by atoms with Crippen molar-refractivity contribution in [2.75, 3.05) is 18.4 Å². The van der Waals surface area contributed by atoms with Crippen molar-refractivity contribution in [3.8, 4) is 0 Å². The number of amides is 1. The second kappa shape index (κ2) is 7.18. The molecule has 4 rings (SSSR count). The van der Waals surface area contributed by atoms with E-state index in [4.69, 9.17) is 11.6 Å². The Balaban J connectivity index is 1.43. The third-order valence-electron chi connectivity index (χ3n) is 4.97. The van der Waals surface area contributed by atoms with Gasteiger partial charge in [0, 0.05) is 24.6 Å². The standard InChI is InChI=1S/C19H17ClFN3O3S/c20-15-11-13(21)5-6-16(15)22-19(25)12-7-9-24(10-8-12)18-14-3-1-2-4-17(14)28(26,27)23-18/h1-6,11-12H,7-10H2,(H,22,25). The van der Waals surface area contributed by atoms with Crippen LogP contribution in [0.3, 0.4) is 0 Å². The highest BCUT2D eigenvalue weighted by molar-refractivity contribution is 7.90. The first-order valence-corrected chi connectivity index (χ1v) is 10.6. The van der Waals surface area contributed by atoms with Gasteiger partial charge in [-0.05, 0) is 43.2 Å². The molecule has 0 spiro atoms. The van der Waals surface area contributed by atoms with Gasteiger partial charge in [0.2, 0.25) is 5.91 Å². The number of halogens is 2. The molecule has 9 heteroatoms. The van der Waals surface area contributed by atoms with E-state index in [-0.39, 0.29) is 21.7 Å². The van der Waals surface area contributed by atoms with Crippen molar-refractivity contribution in [1.82, 2.24) is 4.90 Å². The minimum absolute atomic E-state index is 0.146. The highest BCUT2D eigenvalue weighted by Gasteiger charge is 2.34. The molecule has 0 bridgehead atoms. The minimum Gasteiger partial charge on any atom is -0.355 e. The molecule has 0 aliphatic carbocycles. The maximum Gasteiger partial charge on any atom is 0.285 e. The van der Waals surface area contributed by atoms with E-state index in [0.29, 0.717) is 43.0 Å². The zero-order chi connectivity index (χ0) is 19.9. The lowest BCUT2D eigenvalue weighted by molar-refractivity contribution is -0.120. The third kappa shape index (κ3) is 3.49. The van der Waals surface area contributed by atoms with E-state index in [1.54, 1.807) is 24.3 Å². The Hall–Kier alpha value is -2.45. The normalized spacial score (nSPS) is 18.5. The molecule has 2 aliphatic rings. The number of hydrogen-bond acceptors (Lipinski definition) is 4. The summed E-state index contributed by atoms with van der Waals surface area (Å²) in [6, 6.07) is 10.6. The van der Waals surface area contributed by atoms with Crippen molar-refractivity contribution < 1.29 is 17.6 Å². The van der Waals surface area contributed by atoms with E-state index in [1.807, 2.05) is 4.90 Å². The number of nitrogens with zero attached hydrogens (tertiary/aromatic N) is 2. The third-order valence-corrected chi connectivity index (χ3v) is 6.60. The lowest BCUT2D eigenvalue weighted by Crippen LogP contribution is -2.41. The van der Waals surface area contributed by atoms with Gasteiger partial charge in [-0.15, -0.1) is 4.40 Å². The van der Waals surface area contributed by atoms with Crippen molar-refractivity contribution in [3.63, 3.8) is 0 Å². The molecule has 2 heterocycles. The largest absolute Gasteiger partial charge is 0.355 e. The predicted octanol–water partition coefficient (Wildman–Crippen LogP) is 3.28. The summed E-state index contributed by atoms with van der Waals surface area (Å²) in [6.45, 7) is 1.02. The minimum atomic E-state index is -3.66. The average molecular weight is 422 g/mol. The zero-order valence-corrected chi connectivity index (χ0v) is 16.3. The molecular weight excluding hydrogens is 405 g/mol. The lowest BCUT2D eigenvalue weighted by Gasteiger charge is -2.32. The topological polar surface area (TPSA) is 78.8 Å². The number of benzene rings is 2. The van der Waals surface area contributed by atoms with Gasteiger partial charge < -0.3 is 10.2 Å². The first-order valence-electron chi connectivity index (χ1n) is 8.80. The number of hydrogen-bond donors (Lipinski definition) is 1. The van der Waals surface area contributed by atoms with Crippen LogP contribution in [0.2, 0.25) is 5.02 Å². The van der Waals surface area contributed by atoms with Crippen LogP contribution in [0.25, 0.3) is 0 Å². The molecule has 1 N–H and O–H groups in total. The first kappa shape index (κ1) is 18.9. The second-order valence-electron chi connectivity index (χ2n) is 6.76. The summed E-state index contributed by atoms with van der Waals surface area (Å²) in [5.74, 6) is -0.458. The Morgan fingerprint density at radius 3 is 2.61 bits per heavy atom. The Bertz CT molecular complexity index is 1080. The molecule has 0 atom stereocenters. The molecule has 1 amide bonds. The number of amidine groups is 1. The van der Waals surface area contributed by atoms with Gasteiger partial charge in [-0.2, -0.15) is 8.42 Å². The monoisotopic (exact) mass is 421 g/mol. The molecule has 0 unspecified atom stereocenters. The molecule has 6 nitrogen and oxygen atoms in total. The number of carbonyl (C=O) groups excluding carboxylic acids is 1. The van der Waals surface area contributed by atoms with Crippen LogP contribution in [0.4, 0.5) is 10.1 Å². The van der Waals surface area contributed by atoms with Gasteiger partial charge in [-0.3, -0.25) is 4.79 Å². The maximum absolute atomic E-state index is 13.1. The smallest absolute Gasteiger partial charge is 0.285 e. The van der Waals surface area contributed by atoms with Gasteiger partial charge in [0.1, 0.15) is 10.7 Å². The van der Waals surface area contributed by atoms with Crippen molar-refractivity contribution in [3.05, 3.63) is 58.9 Å². The SMILES string of the molecule is O=C(Nc1ccc(F)cc1Cl)C1CCN(C2=NS(=O)(=O)c3ccccc32)CC1. The molecular formula is C19H17ClFN3O3S. The van der Waals surface area contributed by atoms with Crippen molar-refractivity contribution in [2.24, 2.45) is 10.3 Å². The van der Waals surface area contributed by atoms with Crippen molar-refractivity contribution >= 4 is 39.1 Å². The fourth-order valence-corrected chi connectivity index (χ4v) is 4.94. The number of rotatable bonds is 2. The number of fused-ring (bicyclic) bond motifs is 1. The molecule has 1 fully saturated rings. The summed E-state index contributed by atoms with van der Waals surface area (Å²) >= 11 is 5.96. The molecule has 0 aromatic heterocycles. The molecule has 2 aromatic carbocycles. The van der Waals surface area contributed by atoms with Gasteiger partial charge in [-0.25, -0.2) is 4.39 Å². The highest BCUT2D eigenvalue weighted by atomic mass is 35.5. The number of nitrogens with one attached hydrogen (secondary N) is 1. The average Bonchev–Trinajstić information content (AvgIpc) is 2.96. The Labute approximate surface area is 167 Å². The molecule has 0 radical (unpaired) electrons. The van der Waals surface area contributed by atoms with Crippen LogP contribution in [-0.4, -0.2) is 38.2 Å². The van der Waals surface area contributed by atoms with Crippen LogP contribution >= 0.6 is 11.6 Å². The van der Waals surface area contributed by atoms with Gasteiger partial charge >= 0.3 is 0 Å². The molecule has 2 aliphatic heterocycles. The first-order chi connectivity index (χ1) is 13.3. The van der Waals surface area contributed by atoms with E-state index in [1.165, 1.54) is 12.1 Å². The zero-order valence-electron chi connectivity index (χ0n) is 14.7. The van der Waals surface area contributed by atoms with E-state index in [2.05, 4.69) is 9.71 Å². The number of anilines is 1. The lowest BCUT2D eigenvalue weighted by atomic mass is 9.95. The number of piperidine rings is 1. The predicted molar refractivity (Wildman–Crippen MR) is 105 cm³/mol. The van der Waals surface area contributed by atoms with Gasteiger partial charge in [0.15, 0.2) is 5.84 Å². The Morgan fingerprint density at radius 2 is 1.89 bits per heavy atom. The summed E-state index contributed by atoms with van der Waals surface area (Å²) in [6.07, 6.45) is 1.10. The maximum atomic E-state index is 13.1. The highest BCUT2D eigenvalue weighted by Crippen LogP contribution is 2.30. The number of sulfonamides is 1. The van der Waals surface area contributed by atoms with Crippen LogP contribution in [0.15, 0.2) is 51.8 Å². The Kier molecular flexibility index (Phi) is 4.84. The number of likely N-dealkylation sites (tertiary alicyclic amines) is 1. The second-order valence-corrected chi connectivity index (χ2v) is 8.74. The fraction of sp³-hybridized carbons (Fsp3) is 0.263. The Morgan fingerprint density at radius 1 is 1.18 bits per heavy atom. The summed E-state index contributed by atoms with van der Waals surface area (Å²) in [7, 11) is -3.66. The van der Waals surface area contributed by atoms with Crippen LogP contribution in [0.5, 0.6) is 0 Å². The van der Waals surface area contributed by atoms with E-state index >= 15 is 0 Å². The molecule has 1 saturated heterocycles. The summed E-state index contributed by atoms with van der Waals surface area (Å²) in [5.41, 5.74) is 0.971. The molecule has 28 heavy (non-hydrogen) atoms. The van der Waals surface area contributed by atoms with Crippen LogP contribution in [-0.2, 0) is 14.8 Å². The van der Waals surface area contributed by atoms with Gasteiger partial charge in [0.25, 0.3) is 10.0 Å².